The molecule has 0 N–H and O–H groups in total. The Morgan fingerprint density at radius 3 is 2.22 bits per heavy atom. The Labute approximate surface area is 217 Å². The standard InChI is InChI=1S/C22H23N5O2.C7H9N/c1-5-27(17-8-18(28-3)11-19(9-17)29-4)16-6-7-20-21(10-16)25-22(13-23-20)15-12-24-26(2)14-15;1-2-7-4-3-5-8-6-7/h6-14H,5H2,1-4H3;3-6H,2H2,1H3. The summed E-state index contributed by atoms with van der Waals surface area (Å²) in [4.78, 5) is 15.5. The molecule has 0 unspecified atom stereocenters. The van der Waals surface area contributed by atoms with E-state index in [1.807, 2.05) is 49.8 Å². The van der Waals surface area contributed by atoms with Crippen molar-refractivity contribution in [3.8, 4) is 22.8 Å². The Hall–Kier alpha value is -4.46. The highest BCUT2D eigenvalue weighted by Gasteiger charge is 2.13. The number of aromatic nitrogens is 5. The Morgan fingerprint density at radius 2 is 1.65 bits per heavy atom. The highest BCUT2D eigenvalue weighted by molar-refractivity contribution is 5.82. The highest BCUT2D eigenvalue weighted by Crippen LogP contribution is 2.33. The van der Waals surface area contributed by atoms with Gasteiger partial charge in [-0.05, 0) is 43.2 Å². The SMILES string of the molecule is CCN(c1cc(OC)cc(OC)c1)c1ccc2ncc(-c3cnn(C)c3)nc2c1.CCc1cccnc1. The molecule has 37 heavy (non-hydrogen) atoms. The zero-order chi connectivity index (χ0) is 26.2. The van der Waals surface area contributed by atoms with Crippen molar-refractivity contribution in [2.24, 2.45) is 7.05 Å². The van der Waals surface area contributed by atoms with E-state index in [0.29, 0.717) is 0 Å². The van der Waals surface area contributed by atoms with E-state index < -0.39 is 0 Å². The third kappa shape index (κ3) is 6.22. The molecule has 0 amide bonds. The number of benzene rings is 2. The van der Waals surface area contributed by atoms with Gasteiger partial charge in [0.25, 0.3) is 0 Å². The van der Waals surface area contributed by atoms with Crippen LogP contribution in [0, 0.1) is 0 Å². The fraction of sp³-hybridized carbons (Fsp3) is 0.241. The maximum absolute atomic E-state index is 5.43. The summed E-state index contributed by atoms with van der Waals surface area (Å²) >= 11 is 0. The molecule has 5 rings (SSSR count). The van der Waals surface area contributed by atoms with Gasteiger partial charge in [0.15, 0.2) is 0 Å². The summed E-state index contributed by atoms with van der Waals surface area (Å²) in [5.41, 5.74) is 6.73. The van der Waals surface area contributed by atoms with E-state index in [1.165, 1.54) is 5.56 Å². The van der Waals surface area contributed by atoms with Crippen LogP contribution in [0.15, 0.2) is 79.5 Å². The third-order valence-electron chi connectivity index (χ3n) is 5.93. The molecule has 0 aliphatic carbocycles. The number of methoxy groups -OCH3 is 2. The van der Waals surface area contributed by atoms with Crippen LogP contribution in [0.25, 0.3) is 22.3 Å². The van der Waals surface area contributed by atoms with Crippen molar-refractivity contribution in [1.29, 1.82) is 0 Å². The van der Waals surface area contributed by atoms with Crippen molar-refractivity contribution < 1.29 is 9.47 Å². The number of ether oxygens (including phenoxy) is 2. The van der Waals surface area contributed by atoms with Crippen LogP contribution in [0.5, 0.6) is 11.5 Å². The summed E-state index contributed by atoms with van der Waals surface area (Å²) in [6, 6.07) is 16.0. The minimum absolute atomic E-state index is 0.747. The molecule has 0 atom stereocenters. The molecule has 3 heterocycles. The molecular weight excluding hydrogens is 464 g/mol. The number of pyridine rings is 1. The molecule has 8 nitrogen and oxygen atoms in total. The van der Waals surface area contributed by atoms with Gasteiger partial charge in [0, 0.05) is 67.3 Å². The molecule has 0 saturated carbocycles. The molecule has 0 aliphatic rings. The van der Waals surface area contributed by atoms with Crippen LogP contribution in [-0.4, -0.2) is 45.5 Å². The van der Waals surface area contributed by atoms with E-state index in [-0.39, 0.29) is 0 Å². The fourth-order valence-electron chi connectivity index (χ4n) is 3.93. The average molecular weight is 497 g/mol. The third-order valence-corrected chi connectivity index (χ3v) is 5.93. The van der Waals surface area contributed by atoms with Gasteiger partial charge in [-0.15, -0.1) is 0 Å². The van der Waals surface area contributed by atoms with Crippen LogP contribution in [0.4, 0.5) is 11.4 Å². The fourth-order valence-corrected chi connectivity index (χ4v) is 3.93. The lowest BCUT2D eigenvalue weighted by atomic mass is 10.2. The quantitative estimate of drug-likeness (QED) is 0.280. The van der Waals surface area contributed by atoms with Crippen molar-refractivity contribution >= 4 is 22.4 Å². The first-order valence-electron chi connectivity index (χ1n) is 12.2. The first-order valence-corrected chi connectivity index (χ1v) is 12.2. The summed E-state index contributed by atoms with van der Waals surface area (Å²) in [7, 11) is 5.19. The lowest BCUT2D eigenvalue weighted by Gasteiger charge is -2.24. The van der Waals surface area contributed by atoms with E-state index in [0.717, 1.165) is 58.1 Å². The van der Waals surface area contributed by atoms with Crippen molar-refractivity contribution in [3.63, 3.8) is 0 Å². The summed E-state index contributed by atoms with van der Waals surface area (Å²) in [5.74, 6) is 1.49. The molecule has 0 bridgehead atoms. The molecule has 8 heteroatoms. The summed E-state index contributed by atoms with van der Waals surface area (Å²) in [6.07, 6.45) is 10.3. The Kier molecular flexibility index (Phi) is 8.30. The molecule has 0 fully saturated rings. The van der Waals surface area contributed by atoms with E-state index >= 15 is 0 Å². The summed E-state index contributed by atoms with van der Waals surface area (Å²) in [5, 5.41) is 4.22. The Balaban J connectivity index is 0.000000342. The van der Waals surface area contributed by atoms with Gasteiger partial charge in [-0.1, -0.05) is 13.0 Å². The van der Waals surface area contributed by atoms with Gasteiger partial charge in [-0.2, -0.15) is 5.10 Å². The van der Waals surface area contributed by atoms with Gasteiger partial charge in [-0.25, -0.2) is 4.98 Å². The van der Waals surface area contributed by atoms with Crippen LogP contribution >= 0.6 is 0 Å². The smallest absolute Gasteiger partial charge is 0.124 e. The number of hydrogen-bond donors (Lipinski definition) is 0. The first-order chi connectivity index (χ1) is 18.0. The van der Waals surface area contributed by atoms with Crippen LogP contribution < -0.4 is 14.4 Å². The first kappa shape index (κ1) is 25.6. The van der Waals surface area contributed by atoms with Gasteiger partial charge in [0.1, 0.15) is 11.5 Å². The molecular formula is C29H32N6O2. The molecule has 190 valence electrons. The maximum atomic E-state index is 5.43. The number of anilines is 2. The second-order valence-corrected chi connectivity index (χ2v) is 8.36. The predicted octanol–water partition coefficient (Wildman–Crippen LogP) is 5.85. The van der Waals surface area contributed by atoms with Gasteiger partial charge in [0.2, 0.25) is 0 Å². The molecule has 5 aromatic rings. The van der Waals surface area contributed by atoms with Crippen molar-refractivity contribution in [3.05, 3.63) is 85.1 Å². The topological polar surface area (TPSA) is 78.2 Å². The highest BCUT2D eigenvalue weighted by atomic mass is 16.5. The normalized spacial score (nSPS) is 10.5. The van der Waals surface area contributed by atoms with Crippen LogP contribution in [0.3, 0.4) is 0 Å². The number of nitrogens with zero attached hydrogens (tertiary/aromatic N) is 6. The second-order valence-electron chi connectivity index (χ2n) is 8.36. The second kappa shape index (κ2) is 12.0. The lowest BCUT2D eigenvalue weighted by molar-refractivity contribution is 0.394. The van der Waals surface area contributed by atoms with E-state index in [9.17, 15) is 0 Å². The zero-order valence-corrected chi connectivity index (χ0v) is 21.9. The molecule has 2 aromatic carbocycles. The minimum Gasteiger partial charge on any atom is -0.497 e. The van der Waals surface area contributed by atoms with Gasteiger partial charge in [-0.3, -0.25) is 14.6 Å². The van der Waals surface area contributed by atoms with Crippen molar-refractivity contribution in [2.75, 3.05) is 25.7 Å². The molecule has 0 saturated heterocycles. The number of hydrogen-bond acceptors (Lipinski definition) is 7. The number of aryl methyl sites for hydroxylation is 2. The molecule has 3 aromatic heterocycles. The Morgan fingerprint density at radius 1 is 0.865 bits per heavy atom. The minimum atomic E-state index is 0.747. The molecule has 0 spiro atoms. The van der Waals surface area contributed by atoms with Crippen LogP contribution in [0.2, 0.25) is 0 Å². The number of rotatable bonds is 7. The Bertz CT molecular complexity index is 1430. The van der Waals surface area contributed by atoms with E-state index in [2.05, 4.69) is 52.0 Å². The summed E-state index contributed by atoms with van der Waals surface area (Å²) < 4.78 is 12.6. The maximum Gasteiger partial charge on any atom is 0.124 e. The van der Waals surface area contributed by atoms with Gasteiger partial charge < -0.3 is 14.4 Å². The van der Waals surface area contributed by atoms with E-state index in [4.69, 9.17) is 14.5 Å². The van der Waals surface area contributed by atoms with Crippen LogP contribution in [0.1, 0.15) is 19.4 Å². The predicted molar refractivity (Wildman–Crippen MR) is 148 cm³/mol. The molecule has 0 radical (unpaired) electrons. The van der Waals surface area contributed by atoms with Crippen molar-refractivity contribution in [1.82, 2.24) is 24.7 Å². The van der Waals surface area contributed by atoms with Gasteiger partial charge in [0.05, 0.1) is 43.3 Å². The largest absolute Gasteiger partial charge is 0.497 e. The van der Waals surface area contributed by atoms with Crippen molar-refractivity contribution in [2.45, 2.75) is 20.3 Å². The monoisotopic (exact) mass is 496 g/mol. The zero-order valence-electron chi connectivity index (χ0n) is 21.9. The summed E-state index contributed by atoms with van der Waals surface area (Å²) in [6.45, 7) is 5.00. The molecule has 0 aliphatic heterocycles. The number of fused-ring (bicyclic) bond motifs is 1. The van der Waals surface area contributed by atoms with E-state index in [1.54, 1.807) is 37.5 Å². The average Bonchev–Trinajstić information content (AvgIpc) is 3.39. The van der Waals surface area contributed by atoms with Gasteiger partial charge >= 0.3 is 0 Å². The lowest BCUT2D eigenvalue weighted by Crippen LogP contribution is -2.16. The van der Waals surface area contributed by atoms with Crippen LogP contribution in [-0.2, 0) is 13.5 Å².